The first-order valence-corrected chi connectivity index (χ1v) is 14.8. The number of carboxylic acid groups (broad SMARTS) is 1. The van der Waals surface area contributed by atoms with E-state index in [9.17, 15) is 18.3 Å². The van der Waals surface area contributed by atoms with Gasteiger partial charge in [0.25, 0.3) is 0 Å². The standard InChI is InChI=1S/C25H31N5O5S.C3H8/c1-17(2)30-16-22(27-28-30)7-6-20(13-25(31)32)19-5-4-18(3)21(12-19)15-29-10-11-35-23-8-9-26-14-24(23)36(29,33)34;1-3-2/h4-5,8-9,12,14,16-17,20H,6-7,10-11,13,15H2,1-3H3,(H,31,32);3H2,1-2H3. The summed E-state index contributed by atoms with van der Waals surface area (Å²) in [6.45, 7) is 10.8. The molecule has 11 heteroatoms. The van der Waals surface area contributed by atoms with Gasteiger partial charge in [0.1, 0.15) is 17.3 Å². The van der Waals surface area contributed by atoms with Gasteiger partial charge in [-0.1, -0.05) is 43.7 Å². The zero-order chi connectivity index (χ0) is 28.6. The van der Waals surface area contributed by atoms with Crippen LogP contribution >= 0.6 is 0 Å². The third-order valence-electron chi connectivity index (χ3n) is 6.41. The van der Waals surface area contributed by atoms with E-state index in [2.05, 4.69) is 29.1 Å². The second kappa shape index (κ2) is 13.7. The summed E-state index contributed by atoms with van der Waals surface area (Å²) in [5.41, 5.74) is 3.43. The maximum atomic E-state index is 13.3. The van der Waals surface area contributed by atoms with Crippen LogP contribution in [0.1, 0.15) is 81.3 Å². The summed E-state index contributed by atoms with van der Waals surface area (Å²) >= 11 is 0. The van der Waals surface area contributed by atoms with Crippen molar-refractivity contribution < 1.29 is 23.1 Å². The summed E-state index contributed by atoms with van der Waals surface area (Å²) in [6, 6.07) is 7.53. The fraction of sp³-hybridized carbons (Fsp3) is 0.500. The smallest absolute Gasteiger partial charge is 0.303 e. The number of aryl methyl sites for hydroxylation is 2. The van der Waals surface area contributed by atoms with E-state index in [1.165, 1.54) is 23.1 Å². The summed E-state index contributed by atoms with van der Waals surface area (Å²) in [4.78, 5) is 15.7. The molecule has 1 aliphatic rings. The first-order valence-electron chi connectivity index (χ1n) is 13.4. The second-order valence-electron chi connectivity index (χ2n) is 10.0. The molecule has 0 amide bonds. The second-order valence-corrected chi connectivity index (χ2v) is 11.9. The van der Waals surface area contributed by atoms with Crippen molar-refractivity contribution in [1.29, 1.82) is 0 Å². The van der Waals surface area contributed by atoms with Gasteiger partial charge in [-0.05, 0) is 62.3 Å². The van der Waals surface area contributed by atoms with Gasteiger partial charge in [0.05, 0.1) is 18.3 Å². The third kappa shape index (κ3) is 7.86. The Kier molecular flexibility index (Phi) is 10.6. The van der Waals surface area contributed by atoms with Crippen LogP contribution in [0, 0.1) is 6.92 Å². The monoisotopic (exact) mass is 557 g/mol. The molecule has 39 heavy (non-hydrogen) atoms. The van der Waals surface area contributed by atoms with Gasteiger partial charge in [-0.2, -0.15) is 4.31 Å². The number of rotatable bonds is 9. The van der Waals surface area contributed by atoms with Crippen molar-refractivity contribution in [2.45, 2.75) is 83.7 Å². The van der Waals surface area contributed by atoms with Crippen LogP contribution < -0.4 is 4.74 Å². The van der Waals surface area contributed by atoms with Crippen molar-refractivity contribution in [3.8, 4) is 5.75 Å². The van der Waals surface area contributed by atoms with Gasteiger partial charge in [0.15, 0.2) is 0 Å². The molecule has 4 rings (SSSR count). The first kappa shape index (κ1) is 30.2. The fourth-order valence-corrected chi connectivity index (χ4v) is 5.74. The number of ether oxygens (including phenoxy) is 1. The molecule has 1 unspecified atom stereocenters. The highest BCUT2D eigenvalue weighted by Crippen LogP contribution is 2.31. The van der Waals surface area contributed by atoms with E-state index in [-0.39, 0.29) is 43.0 Å². The molecular weight excluding hydrogens is 518 g/mol. The normalized spacial score (nSPS) is 15.4. The number of sulfonamides is 1. The first-order chi connectivity index (χ1) is 18.6. The average molecular weight is 558 g/mol. The molecule has 2 aromatic heterocycles. The highest BCUT2D eigenvalue weighted by atomic mass is 32.2. The Morgan fingerprint density at radius 2 is 1.95 bits per heavy atom. The average Bonchev–Trinajstić information content (AvgIpc) is 3.32. The summed E-state index contributed by atoms with van der Waals surface area (Å²) in [6.07, 6.45) is 7.10. The predicted octanol–water partition coefficient (Wildman–Crippen LogP) is 4.75. The topological polar surface area (TPSA) is 128 Å². The van der Waals surface area contributed by atoms with Gasteiger partial charge in [0.2, 0.25) is 10.0 Å². The van der Waals surface area contributed by atoms with Crippen LogP contribution in [-0.4, -0.2) is 56.9 Å². The lowest BCUT2D eigenvalue weighted by Gasteiger charge is -2.22. The Bertz CT molecular complexity index is 1360. The largest absolute Gasteiger partial charge is 0.491 e. The Morgan fingerprint density at radius 3 is 2.62 bits per heavy atom. The zero-order valence-electron chi connectivity index (χ0n) is 23.4. The molecule has 0 bridgehead atoms. The number of fused-ring (bicyclic) bond motifs is 1. The van der Waals surface area contributed by atoms with E-state index in [1.54, 1.807) is 10.7 Å². The van der Waals surface area contributed by atoms with Gasteiger partial charge in [0, 0.05) is 31.5 Å². The van der Waals surface area contributed by atoms with E-state index >= 15 is 0 Å². The minimum atomic E-state index is -3.80. The molecule has 212 valence electrons. The molecule has 0 radical (unpaired) electrons. The van der Waals surface area contributed by atoms with Crippen LogP contribution in [0.15, 0.2) is 47.8 Å². The van der Waals surface area contributed by atoms with Gasteiger partial charge < -0.3 is 9.84 Å². The molecule has 1 atom stereocenters. The third-order valence-corrected chi connectivity index (χ3v) is 8.26. The molecule has 1 N–H and O–H groups in total. The van der Waals surface area contributed by atoms with Gasteiger partial charge in [-0.25, -0.2) is 13.1 Å². The number of pyridine rings is 1. The number of hydrogen-bond acceptors (Lipinski definition) is 7. The molecule has 0 saturated carbocycles. The van der Waals surface area contributed by atoms with E-state index in [4.69, 9.17) is 4.74 Å². The van der Waals surface area contributed by atoms with Crippen LogP contribution in [0.5, 0.6) is 5.75 Å². The number of carbonyl (C=O) groups is 1. The summed E-state index contributed by atoms with van der Waals surface area (Å²) in [5.74, 6) is -0.835. The SMILES string of the molecule is CCC.Cc1ccc(C(CCc2cn(C(C)C)nn2)CC(=O)O)cc1CN1CCOc2ccncc2S1(=O)=O. The Labute approximate surface area is 231 Å². The van der Waals surface area contributed by atoms with Crippen molar-refractivity contribution in [2.24, 2.45) is 0 Å². The molecule has 0 saturated heterocycles. The highest BCUT2D eigenvalue weighted by molar-refractivity contribution is 7.89. The number of carboxylic acids is 1. The van der Waals surface area contributed by atoms with Crippen molar-refractivity contribution >= 4 is 16.0 Å². The molecule has 10 nitrogen and oxygen atoms in total. The van der Waals surface area contributed by atoms with Crippen molar-refractivity contribution in [2.75, 3.05) is 13.2 Å². The van der Waals surface area contributed by atoms with Crippen LogP contribution in [0.2, 0.25) is 0 Å². The number of aliphatic carboxylic acids is 1. The molecule has 0 aliphatic carbocycles. The fourth-order valence-electron chi connectivity index (χ4n) is 4.27. The molecule has 0 fully saturated rings. The molecule has 3 heterocycles. The number of aromatic nitrogens is 4. The van der Waals surface area contributed by atoms with Crippen LogP contribution in [0.4, 0.5) is 0 Å². The summed E-state index contributed by atoms with van der Waals surface area (Å²) in [7, 11) is -3.80. The van der Waals surface area contributed by atoms with Crippen LogP contribution in [0.3, 0.4) is 0 Å². The van der Waals surface area contributed by atoms with Crippen molar-refractivity contribution in [3.05, 3.63) is 65.2 Å². The summed E-state index contributed by atoms with van der Waals surface area (Å²) < 4.78 is 35.5. The van der Waals surface area contributed by atoms with E-state index < -0.39 is 16.0 Å². The van der Waals surface area contributed by atoms with Crippen molar-refractivity contribution in [1.82, 2.24) is 24.3 Å². The maximum absolute atomic E-state index is 13.3. The number of benzene rings is 1. The predicted molar refractivity (Wildman–Crippen MR) is 148 cm³/mol. The van der Waals surface area contributed by atoms with Gasteiger partial charge in [-0.15, -0.1) is 5.10 Å². The quantitative estimate of drug-likeness (QED) is 0.399. The number of nitrogens with zero attached hydrogens (tertiary/aromatic N) is 5. The molecule has 1 aromatic carbocycles. The van der Waals surface area contributed by atoms with Gasteiger partial charge >= 0.3 is 5.97 Å². The summed E-state index contributed by atoms with van der Waals surface area (Å²) in [5, 5.41) is 17.9. The highest BCUT2D eigenvalue weighted by Gasteiger charge is 2.31. The lowest BCUT2D eigenvalue weighted by molar-refractivity contribution is -0.137. The molecular formula is C28H39N5O5S. The molecule has 1 aliphatic heterocycles. The Hall–Kier alpha value is -3.31. The maximum Gasteiger partial charge on any atom is 0.303 e. The van der Waals surface area contributed by atoms with Crippen LogP contribution in [-0.2, 0) is 27.8 Å². The number of hydrogen-bond donors (Lipinski definition) is 1. The van der Waals surface area contributed by atoms with E-state index in [1.807, 2.05) is 45.2 Å². The minimum absolute atomic E-state index is 0.0320. The van der Waals surface area contributed by atoms with Crippen molar-refractivity contribution in [3.63, 3.8) is 0 Å². The molecule has 3 aromatic rings. The van der Waals surface area contributed by atoms with E-state index in [0.29, 0.717) is 18.6 Å². The Balaban J connectivity index is 0.00000134. The van der Waals surface area contributed by atoms with Gasteiger partial charge in [-0.3, -0.25) is 9.78 Å². The molecule has 0 spiro atoms. The zero-order valence-corrected chi connectivity index (χ0v) is 24.2. The minimum Gasteiger partial charge on any atom is -0.491 e. The Morgan fingerprint density at radius 1 is 1.21 bits per heavy atom. The lowest BCUT2D eigenvalue weighted by atomic mass is 9.88. The lowest BCUT2D eigenvalue weighted by Crippen LogP contribution is -2.32. The van der Waals surface area contributed by atoms with Crippen LogP contribution in [0.25, 0.3) is 0 Å². The van der Waals surface area contributed by atoms with E-state index in [0.717, 1.165) is 22.4 Å².